The molecular weight excluding hydrogens is 372 g/mol. The van der Waals surface area contributed by atoms with Gasteiger partial charge in [0.1, 0.15) is 0 Å². The summed E-state index contributed by atoms with van der Waals surface area (Å²) < 4.78 is 1.60. The van der Waals surface area contributed by atoms with E-state index in [-0.39, 0.29) is 23.4 Å². The maximum atomic E-state index is 12.9. The van der Waals surface area contributed by atoms with Crippen molar-refractivity contribution in [2.24, 2.45) is 0 Å². The van der Waals surface area contributed by atoms with Gasteiger partial charge in [-0.15, -0.1) is 5.10 Å². The first kappa shape index (κ1) is 18.6. The van der Waals surface area contributed by atoms with Crippen molar-refractivity contribution < 1.29 is 4.79 Å². The molecule has 0 fully saturated rings. The van der Waals surface area contributed by atoms with Crippen LogP contribution in [0.5, 0.6) is 0 Å². The molecule has 0 radical (unpaired) electrons. The summed E-state index contributed by atoms with van der Waals surface area (Å²) in [6.45, 7) is 2.59. The highest BCUT2D eigenvalue weighted by atomic mass is 32.2. The van der Waals surface area contributed by atoms with Gasteiger partial charge >= 0.3 is 5.69 Å². The molecule has 1 amide bonds. The molecule has 6 nitrogen and oxygen atoms in total. The molecule has 144 valence electrons. The normalized spacial score (nSPS) is 15.6. The molecular formula is C21H22N4O2S. The third-order valence-electron chi connectivity index (χ3n) is 4.99. The summed E-state index contributed by atoms with van der Waals surface area (Å²) in [4.78, 5) is 26.8. The van der Waals surface area contributed by atoms with Crippen LogP contribution >= 0.6 is 11.8 Å². The number of aryl methyl sites for hydroxylation is 1. The van der Waals surface area contributed by atoms with E-state index in [0.717, 1.165) is 24.1 Å². The van der Waals surface area contributed by atoms with E-state index in [0.29, 0.717) is 11.7 Å². The van der Waals surface area contributed by atoms with E-state index in [4.69, 9.17) is 0 Å². The van der Waals surface area contributed by atoms with Crippen molar-refractivity contribution in [1.29, 1.82) is 0 Å². The largest absolute Gasteiger partial charge is 0.343 e. The molecule has 0 bridgehead atoms. The van der Waals surface area contributed by atoms with Crippen LogP contribution in [0.2, 0.25) is 0 Å². The van der Waals surface area contributed by atoms with Crippen molar-refractivity contribution in [1.82, 2.24) is 14.8 Å². The van der Waals surface area contributed by atoms with Crippen molar-refractivity contribution >= 4 is 23.4 Å². The van der Waals surface area contributed by atoms with Crippen molar-refractivity contribution in [2.75, 3.05) is 10.7 Å². The number of aromatic nitrogens is 3. The monoisotopic (exact) mass is 394 g/mol. The standard InChI is InChI=1S/C21H22N4O2S/c1-15-13-17-9-5-6-10-18(17)25(15)19(26)14-28-21-23-22-20(27)24(21)12-11-16-7-3-2-4-8-16/h2-10,15H,11-14H2,1H3,(H,22,27)/t15-/m1/s1. The number of hydrogen-bond donors (Lipinski definition) is 1. The van der Waals surface area contributed by atoms with Crippen LogP contribution in [0.1, 0.15) is 18.1 Å². The average Bonchev–Trinajstić information content (AvgIpc) is 3.24. The molecule has 1 N–H and O–H groups in total. The molecule has 3 aromatic rings. The smallest absolute Gasteiger partial charge is 0.308 e. The van der Waals surface area contributed by atoms with Gasteiger partial charge in [0.2, 0.25) is 5.91 Å². The fourth-order valence-electron chi connectivity index (χ4n) is 3.64. The predicted molar refractivity (Wildman–Crippen MR) is 111 cm³/mol. The van der Waals surface area contributed by atoms with Crippen LogP contribution in [0, 0.1) is 0 Å². The number of carbonyl (C=O) groups excluding carboxylic acids is 1. The summed E-state index contributed by atoms with van der Waals surface area (Å²) in [5, 5.41) is 7.16. The van der Waals surface area contributed by atoms with E-state index in [1.165, 1.54) is 17.3 Å². The van der Waals surface area contributed by atoms with Gasteiger partial charge in [0.25, 0.3) is 0 Å². The molecule has 4 rings (SSSR count). The summed E-state index contributed by atoms with van der Waals surface area (Å²) >= 11 is 1.30. The Hall–Kier alpha value is -2.80. The summed E-state index contributed by atoms with van der Waals surface area (Å²) in [7, 11) is 0. The van der Waals surface area contributed by atoms with Gasteiger partial charge in [0.15, 0.2) is 5.16 Å². The van der Waals surface area contributed by atoms with Gasteiger partial charge in [-0.2, -0.15) is 0 Å². The lowest BCUT2D eigenvalue weighted by molar-refractivity contribution is -0.116. The van der Waals surface area contributed by atoms with Crippen LogP contribution in [0.25, 0.3) is 0 Å². The number of H-pyrrole nitrogens is 1. The summed E-state index contributed by atoms with van der Waals surface area (Å²) in [5.41, 5.74) is 3.10. The zero-order valence-corrected chi connectivity index (χ0v) is 16.5. The van der Waals surface area contributed by atoms with Gasteiger partial charge in [-0.25, -0.2) is 9.89 Å². The Morgan fingerprint density at radius 2 is 1.93 bits per heavy atom. The number of fused-ring (bicyclic) bond motifs is 1. The number of hydrogen-bond acceptors (Lipinski definition) is 4. The number of nitrogens with zero attached hydrogens (tertiary/aromatic N) is 3. The number of rotatable bonds is 6. The Balaban J connectivity index is 1.43. The second-order valence-electron chi connectivity index (χ2n) is 6.93. The van der Waals surface area contributed by atoms with E-state index in [9.17, 15) is 9.59 Å². The second-order valence-corrected chi connectivity index (χ2v) is 7.88. The zero-order chi connectivity index (χ0) is 19.5. The first-order chi connectivity index (χ1) is 13.6. The third kappa shape index (κ3) is 3.75. The van der Waals surface area contributed by atoms with Crippen molar-refractivity contribution in [3.05, 3.63) is 76.2 Å². The van der Waals surface area contributed by atoms with E-state index in [2.05, 4.69) is 23.2 Å². The Morgan fingerprint density at radius 3 is 2.75 bits per heavy atom. The predicted octanol–water partition coefficient (Wildman–Crippen LogP) is 2.88. The summed E-state index contributed by atoms with van der Waals surface area (Å²) in [6.07, 6.45) is 1.61. The van der Waals surface area contributed by atoms with Gasteiger partial charge in [0, 0.05) is 18.3 Å². The van der Waals surface area contributed by atoms with Gasteiger partial charge in [0.05, 0.1) is 5.75 Å². The number of benzene rings is 2. The molecule has 1 aliphatic heterocycles. The average molecular weight is 395 g/mol. The number of amides is 1. The highest BCUT2D eigenvalue weighted by molar-refractivity contribution is 7.99. The van der Waals surface area contributed by atoms with Crippen LogP contribution in [0.15, 0.2) is 64.5 Å². The minimum atomic E-state index is -0.245. The van der Waals surface area contributed by atoms with E-state index < -0.39 is 0 Å². The maximum Gasteiger partial charge on any atom is 0.343 e. The molecule has 0 unspecified atom stereocenters. The molecule has 0 saturated heterocycles. The Labute approximate surface area is 167 Å². The fourth-order valence-corrected chi connectivity index (χ4v) is 4.47. The van der Waals surface area contributed by atoms with Crippen molar-refractivity contribution in [3.8, 4) is 0 Å². The van der Waals surface area contributed by atoms with E-state index >= 15 is 0 Å². The molecule has 1 aliphatic rings. The van der Waals surface area contributed by atoms with Gasteiger partial charge in [-0.05, 0) is 37.0 Å². The molecule has 2 heterocycles. The van der Waals surface area contributed by atoms with Crippen molar-refractivity contribution in [2.45, 2.75) is 37.5 Å². The molecule has 1 atom stereocenters. The maximum absolute atomic E-state index is 12.9. The number of nitrogens with one attached hydrogen (secondary N) is 1. The topological polar surface area (TPSA) is 71.0 Å². The highest BCUT2D eigenvalue weighted by Crippen LogP contribution is 2.32. The van der Waals surface area contributed by atoms with Crippen LogP contribution in [0.3, 0.4) is 0 Å². The molecule has 2 aromatic carbocycles. The number of anilines is 1. The Kier molecular flexibility index (Phi) is 5.34. The molecule has 28 heavy (non-hydrogen) atoms. The van der Waals surface area contributed by atoms with Crippen LogP contribution in [-0.2, 0) is 24.2 Å². The minimum Gasteiger partial charge on any atom is -0.308 e. The fraction of sp³-hybridized carbons (Fsp3) is 0.286. The Morgan fingerprint density at radius 1 is 1.18 bits per heavy atom. The first-order valence-electron chi connectivity index (χ1n) is 9.35. The first-order valence-corrected chi connectivity index (χ1v) is 10.3. The quantitative estimate of drug-likeness (QED) is 0.653. The van der Waals surface area contributed by atoms with Gasteiger partial charge in [-0.1, -0.05) is 60.3 Å². The molecule has 0 saturated carbocycles. The lowest BCUT2D eigenvalue weighted by Gasteiger charge is -2.22. The van der Waals surface area contributed by atoms with Gasteiger partial charge in [-0.3, -0.25) is 9.36 Å². The number of thioether (sulfide) groups is 1. The SMILES string of the molecule is C[C@@H]1Cc2ccccc2N1C(=O)CSc1n[nH]c(=O)n1CCc1ccccc1. The number of carbonyl (C=O) groups is 1. The summed E-state index contributed by atoms with van der Waals surface area (Å²) in [6, 6.07) is 18.2. The van der Waals surface area contributed by atoms with Crippen molar-refractivity contribution in [3.63, 3.8) is 0 Å². The number of aromatic amines is 1. The lowest BCUT2D eigenvalue weighted by Crippen LogP contribution is -2.37. The Bertz CT molecular complexity index is 1030. The molecule has 1 aromatic heterocycles. The molecule has 0 aliphatic carbocycles. The highest BCUT2D eigenvalue weighted by Gasteiger charge is 2.30. The molecule has 7 heteroatoms. The zero-order valence-electron chi connectivity index (χ0n) is 15.7. The van der Waals surface area contributed by atoms with Crippen LogP contribution < -0.4 is 10.6 Å². The minimum absolute atomic E-state index is 0.0347. The van der Waals surface area contributed by atoms with E-state index in [1.54, 1.807) is 4.57 Å². The molecule has 0 spiro atoms. The van der Waals surface area contributed by atoms with Crippen LogP contribution in [-0.4, -0.2) is 32.5 Å². The van der Waals surface area contributed by atoms with Crippen LogP contribution in [0.4, 0.5) is 5.69 Å². The lowest BCUT2D eigenvalue weighted by atomic mass is 10.1. The second kappa shape index (κ2) is 8.06. The third-order valence-corrected chi connectivity index (χ3v) is 5.95. The van der Waals surface area contributed by atoms with E-state index in [1.807, 2.05) is 53.4 Å². The number of para-hydroxylation sites is 1. The van der Waals surface area contributed by atoms with Gasteiger partial charge < -0.3 is 4.90 Å². The summed E-state index contributed by atoms with van der Waals surface area (Å²) in [5.74, 6) is 0.279.